The summed E-state index contributed by atoms with van der Waals surface area (Å²) in [6, 6.07) is 6.03. The zero-order valence-electron chi connectivity index (χ0n) is 12.0. The molecule has 0 radical (unpaired) electrons. The molecular formula is C15H17Br2N3. The highest BCUT2D eigenvalue weighted by atomic mass is 79.9. The van der Waals surface area contributed by atoms with Crippen LogP contribution in [0.15, 0.2) is 27.1 Å². The summed E-state index contributed by atoms with van der Waals surface area (Å²) in [5, 5.41) is 3.18. The molecule has 1 heterocycles. The molecule has 106 valence electrons. The number of aryl methyl sites for hydroxylation is 1. The fourth-order valence-electron chi connectivity index (χ4n) is 2.23. The van der Waals surface area contributed by atoms with Crippen LogP contribution in [0.5, 0.6) is 0 Å². The van der Waals surface area contributed by atoms with Gasteiger partial charge in [0.2, 0.25) is 0 Å². The van der Waals surface area contributed by atoms with Gasteiger partial charge in [0.1, 0.15) is 5.82 Å². The number of anilines is 1. The molecule has 0 atom stereocenters. The first kappa shape index (κ1) is 15.4. The minimum atomic E-state index is 0.392. The Kier molecular flexibility index (Phi) is 4.81. The van der Waals surface area contributed by atoms with Gasteiger partial charge in [-0.25, -0.2) is 9.97 Å². The average molecular weight is 399 g/mol. The number of hydrogen-bond acceptors (Lipinski definition) is 3. The highest BCUT2D eigenvalue weighted by Crippen LogP contribution is 2.31. The van der Waals surface area contributed by atoms with Crippen LogP contribution in [0.4, 0.5) is 5.82 Å². The second kappa shape index (κ2) is 6.22. The van der Waals surface area contributed by atoms with Gasteiger partial charge in [0.15, 0.2) is 5.82 Å². The number of rotatable bonds is 3. The molecule has 0 aliphatic rings. The first-order valence-electron chi connectivity index (χ1n) is 6.45. The molecule has 1 N–H and O–H groups in total. The number of halogens is 2. The zero-order valence-corrected chi connectivity index (χ0v) is 15.1. The third kappa shape index (κ3) is 3.04. The molecule has 0 spiro atoms. The lowest BCUT2D eigenvalue weighted by atomic mass is 10.0. The van der Waals surface area contributed by atoms with E-state index in [2.05, 4.69) is 61.0 Å². The lowest BCUT2D eigenvalue weighted by Crippen LogP contribution is -2.07. The predicted octanol–water partition coefficient (Wildman–Crippen LogP) is 5.14. The molecule has 5 heteroatoms. The summed E-state index contributed by atoms with van der Waals surface area (Å²) >= 11 is 6.99. The molecule has 3 nitrogen and oxygen atoms in total. The summed E-state index contributed by atoms with van der Waals surface area (Å²) < 4.78 is 2.01. The summed E-state index contributed by atoms with van der Waals surface area (Å²) in [7, 11) is 1.90. The van der Waals surface area contributed by atoms with Gasteiger partial charge in [-0.15, -0.1) is 0 Å². The van der Waals surface area contributed by atoms with Crippen molar-refractivity contribution in [1.82, 2.24) is 9.97 Å². The van der Waals surface area contributed by atoms with Crippen molar-refractivity contribution in [3.63, 3.8) is 0 Å². The molecule has 2 aromatic rings. The van der Waals surface area contributed by atoms with E-state index in [1.54, 1.807) is 0 Å². The smallest absolute Gasteiger partial charge is 0.161 e. The zero-order chi connectivity index (χ0) is 14.9. The van der Waals surface area contributed by atoms with Gasteiger partial charge >= 0.3 is 0 Å². The Labute approximate surface area is 136 Å². The van der Waals surface area contributed by atoms with Gasteiger partial charge in [-0.2, -0.15) is 0 Å². The van der Waals surface area contributed by atoms with E-state index in [-0.39, 0.29) is 0 Å². The van der Waals surface area contributed by atoms with Crippen molar-refractivity contribution < 1.29 is 0 Å². The summed E-state index contributed by atoms with van der Waals surface area (Å²) in [6.45, 7) is 6.35. The Bertz CT molecular complexity index is 639. The standard InChI is InChI=1S/C15H17Br2N3/c1-8(2)13-9(3)19-14(20-15(13)18-4)10-5-6-11(16)12(17)7-10/h5-8H,1-4H3,(H,18,19,20). The molecule has 1 aromatic heterocycles. The highest BCUT2D eigenvalue weighted by molar-refractivity contribution is 9.13. The summed E-state index contributed by atoms with van der Waals surface area (Å²) in [6.07, 6.45) is 0. The fraction of sp³-hybridized carbons (Fsp3) is 0.333. The SMILES string of the molecule is CNc1nc(-c2ccc(Br)c(Br)c2)nc(C)c1C(C)C. The minimum absolute atomic E-state index is 0.392. The second-order valence-electron chi connectivity index (χ2n) is 4.93. The lowest BCUT2D eigenvalue weighted by Gasteiger charge is -2.15. The molecular weight excluding hydrogens is 382 g/mol. The number of nitrogens with zero attached hydrogens (tertiary/aromatic N) is 2. The van der Waals surface area contributed by atoms with Gasteiger partial charge in [0.05, 0.1) is 0 Å². The van der Waals surface area contributed by atoms with Crippen LogP contribution in [-0.4, -0.2) is 17.0 Å². The van der Waals surface area contributed by atoms with Gasteiger partial charge in [0, 0.05) is 32.8 Å². The van der Waals surface area contributed by atoms with Crippen molar-refractivity contribution in [3.8, 4) is 11.4 Å². The number of aromatic nitrogens is 2. The van der Waals surface area contributed by atoms with Crippen LogP contribution in [0.1, 0.15) is 31.0 Å². The van der Waals surface area contributed by atoms with Crippen LogP contribution in [-0.2, 0) is 0 Å². The number of benzene rings is 1. The molecule has 1 aromatic carbocycles. The van der Waals surface area contributed by atoms with Crippen molar-refractivity contribution in [2.75, 3.05) is 12.4 Å². The van der Waals surface area contributed by atoms with Crippen LogP contribution in [0.3, 0.4) is 0 Å². The van der Waals surface area contributed by atoms with E-state index >= 15 is 0 Å². The van der Waals surface area contributed by atoms with E-state index in [0.717, 1.165) is 31.8 Å². The first-order valence-corrected chi connectivity index (χ1v) is 8.04. The Morgan fingerprint density at radius 1 is 1.10 bits per heavy atom. The van der Waals surface area contributed by atoms with Gasteiger partial charge in [0.25, 0.3) is 0 Å². The minimum Gasteiger partial charge on any atom is -0.373 e. The van der Waals surface area contributed by atoms with Crippen LogP contribution in [0.2, 0.25) is 0 Å². The molecule has 20 heavy (non-hydrogen) atoms. The first-order chi connectivity index (χ1) is 9.43. The summed E-state index contributed by atoms with van der Waals surface area (Å²) in [4.78, 5) is 9.31. The molecule has 0 fully saturated rings. The fourth-order valence-corrected chi connectivity index (χ4v) is 2.85. The summed E-state index contributed by atoms with van der Waals surface area (Å²) in [5.41, 5.74) is 3.19. The maximum atomic E-state index is 4.66. The van der Waals surface area contributed by atoms with E-state index in [4.69, 9.17) is 0 Å². The quantitative estimate of drug-likeness (QED) is 0.777. The molecule has 0 bridgehead atoms. The Morgan fingerprint density at radius 2 is 1.80 bits per heavy atom. The van der Waals surface area contributed by atoms with Crippen LogP contribution in [0.25, 0.3) is 11.4 Å². The maximum Gasteiger partial charge on any atom is 0.161 e. The van der Waals surface area contributed by atoms with Gasteiger partial charge in [-0.1, -0.05) is 13.8 Å². The molecule has 0 unspecified atom stereocenters. The monoisotopic (exact) mass is 397 g/mol. The van der Waals surface area contributed by atoms with Crippen molar-refractivity contribution in [2.45, 2.75) is 26.7 Å². The largest absolute Gasteiger partial charge is 0.373 e. The third-order valence-electron chi connectivity index (χ3n) is 3.13. The Balaban J connectivity index is 2.58. The van der Waals surface area contributed by atoms with Crippen molar-refractivity contribution in [2.24, 2.45) is 0 Å². The van der Waals surface area contributed by atoms with Crippen molar-refractivity contribution in [3.05, 3.63) is 38.4 Å². The lowest BCUT2D eigenvalue weighted by molar-refractivity contribution is 0.833. The molecule has 0 saturated heterocycles. The Hall–Kier alpha value is -0.940. The molecule has 2 rings (SSSR count). The molecule has 0 amide bonds. The third-order valence-corrected chi connectivity index (χ3v) is 5.01. The van der Waals surface area contributed by atoms with Crippen LogP contribution < -0.4 is 5.32 Å². The molecule has 0 aliphatic carbocycles. The predicted molar refractivity (Wildman–Crippen MR) is 91.2 cm³/mol. The highest BCUT2D eigenvalue weighted by Gasteiger charge is 2.15. The maximum absolute atomic E-state index is 4.66. The number of hydrogen-bond donors (Lipinski definition) is 1. The van der Waals surface area contributed by atoms with Gasteiger partial charge in [-0.3, -0.25) is 0 Å². The second-order valence-corrected chi connectivity index (χ2v) is 6.64. The van der Waals surface area contributed by atoms with E-state index in [1.165, 1.54) is 5.56 Å². The van der Waals surface area contributed by atoms with E-state index in [1.807, 2.05) is 32.2 Å². The van der Waals surface area contributed by atoms with Gasteiger partial charge < -0.3 is 5.32 Å². The van der Waals surface area contributed by atoms with Gasteiger partial charge in [-0.05, 0) is 62.9 Å². The number of nitrogens with one attached hydrogen (secondary N) is 1. The molecule has 0 saturated carbocycles. The van der Waals surface area contributed by atoms with E-state index in [9.17, 15) is 0 Å². The van der Waals surface area contributed by atoms with Crippen LogP contribution in [0, 0.1) is 6.92 Å². The normalized spacial score (nSPS) is 10.9. The average Bonchev–Trinajstić information content (AvgIpc) is 2.40. The summed E-state index contributed by atoms with van der Waals surface area (Å²) in [5.74, 6) is 2.04. The molecule has 0 aliphatic heterocycles. The van der Waals surface area contributed by atoms with E-state index in [0.29, 0.717) is 5.92 Å². The van der Waals surface area contributed by atoms with E-state index < -0.39 is 0 Å². The topological polar surface area (TPSA) is 37.8 Å². The van der Waals surface area contributed by atoms with Crippen LogP contribution >= 0.6 is 31.9 Å². The Morgan fingerprint density at radius 3 is 2.35 bits per heavy atom. The van der Waals surface area contributed by atoms with Crippen molar-refractivity contribution >= 4 is 37.7 Å². The van der Waals surface area contributed by atoms with Crippen molar-refractivity contribution in [1.29, 1.82) is 0 Å².